The Morgan fingerprint density at radius 2 is 2.25 bits per heavy atom. The third-order valence-electron chi connectivity index (χ3n) is 2.93. The van der Waals surface area contributed by atoms with E-state index in [0.717, 1.165) is 0 Å². The van der Waals surface area contributed by atoms with E-state index in [-0.39, 0.29) is 16.9 Å². The molecule has 1 amide bonds. The summed E-state index contributed by atoms with van der Waals surface area (Å²) < 4.78 is 0.637. The van der Waals surface area contributed by atoms with Crippen LogP contribution in [0.4, 0.5) is 5.95 Å². The lowest BCUT2D eigenvalue weighted by atomic mass is 10.1. The number of halogens is 2. The molecule has 1 saturated heterocycles. The van der Waals surface area contributed by atoms with Crippen molar-refractivity contribution in [2.45, 2.75) is 20.3 Å². The van der Waals surface area contributed by atoms with E-state index in [0.29, 0.717) is 40.0 Å². The van der Waals surface area contributed by atoms with Crippen LogP contribution in [0.25, 0.3) is 0 Å². The fourth-order valence-electron chi connectivity index (χ4n) is 1.95. The monoisotopic (exact) mass is 377 g/mol. The number of hydrogen-bond acceptors (Lipinski definition) is 5. The minimum atomic E-state index is -0.0306. The second-order valence-corrected chi connectivity index (χ2v) is 6.94. The van der Waals surface area contributed by atoms with Crippen LogP contribution in [0.1, 0.15) is 19.0 Å². The van der Waals surface area contributed by atoms with Crippen molar-refractivity contribution in [3.05, 3.63) is 15.3 Å². The molecule has 2 heterocycles. The number of nitrogens with zero attached hydrogens (tertiary/aromatic N) is 3. The molecule has 0 spiro atoms. The van der Waals surface area contributed by atoms with Crippen LogP contribution >= 0.6 is 39.3 Å². The van der Waals surface area contributed by atoms with Crippen molar-refractivity contribution in [1.82, 2.24) is 9.97 Å². The predicted molar refractivity (Wildman–Crippen MR) is 83.1 cm³/mol. The summed E-state index contributed by atoms with van der Waals surface area (Å²) in [4.78, 5) is 33.0. The molecule has 1 unspecified atom stereocenters. The minimum Gasteiger partial charge on any atom is -0.288 e. The van der Waals surface area contributed by atoms with Gasteiger partial charge in [-0.1, -0.05) is 23.4 Å². The highest BCUT2D eigenvalue weighted by Crippen LogP contribution is 2.29. The van der Waals surface area contributed by atoms with Crippen molar-refractivity contribution in [3.8, 4) is 0 Å². The first-order valence-corrected chi connectivity index (χ1v) is 8.17. The first-order valence-electron chi connectivity index (χ1n) is 6.02. The topological polar surface area (TPSA) is 63.2 Å². The Labute approximate surface area is 134 Å². The normalized spacial score (nSPS) is 18.7. The maximum atomic E-state index is 12.0. The molecule has 20 heavy (non-hydrogen) atoms. The lowest BCUT2D eigenvalue weighted by molar-refractivity contribution is -0.117. The van der Waals surface area contributed by atoms with Gasteiger partial charge >= 0.3 is 0 Å². The summed E-state index contributed by atoms with van der Waals surface area (Å²) in [5, 5.41) is 0.358. The van der Waals surface area contributed by atoms with Crippen LogP contribution in [0.5, 0.6) is 0 Å². The van der Waals surface area contributed by atoms with Crippen molar-refractivity contribution in [2.24, 2.45) is 5.92 Å². The van der Waals surface area contributed by atoms with E-state index >= 15 is 0 Å². The molecule has 0 bridgehead atoms. The number of rotatable bonds is 3. The summed E-state index contributed by atoms with van der Waals surface area (Å²) in [6.07, 6.45) is 0.413. The summed E-state index contributed by atoms with van der Waals surface area (Å²) >= 11 is 10.5. The summed E-state index contributed by atoms with van der Waals surface area (Å²) in [6, 6.07) is 0. The van der Waals surface area contributed by atoms with Crippen LogP contribution in [0.2, 0.25) is 5.15 Å². The molecule has 5 nitrogen and oxygen atoms in total. The third-order valence-corrected chi connectivity index (χ3v) is 5.43. The van der Waals surface area contributed by atoms with Crippen molar-refractivity contribution >= 4 is 56.3 Å². The van der Waals surface area contributed by atoms with Crippen LogP contribution in [0, 0.1) is 12.8 Å². The predicted octanol–water partition coefficient (Wildman–Crippen LogP) is 2.83. The van der Waals surface area contributed by atoms with Gasteiger partial charge in [-0.15, -0.1) is 0 Å². The molecule has 1 fully saturated rings. The Morgan fingerprint density at radius 3 is 2.85 bits per heavy atom. The fraction of sp³-hybridized carbons (Fsp3) is 0.500. The number of aromatic nitrogens is 2. The average molecular weight is 379 g/mol. The highest BCUT2D eigenvalue weighted by molar-refractivity contribution is 9.10. The summed E-state index contributed by atoms with van der Waals surface area (Å²) in [5.74, 6) is 1.08. The maximum absolute atomic E-state index is 12.0. The molecule has 0 aromatic carbocycles. The van der Waals surface area contributed by atoms with Crippen LogP contribution in [-0.4, -0.2) is 33.3 Å². The van der Waals surface area contributed by atoms with E-state index < -0.39 is 0 Å². The molecule has 1 aromatic heterocycles. The van der Waals surface area contributed by atoms with Crippen LogP contribution in [-0.2, 0) is 9.59 Å². The van der Waals surface area contributed by atoms with Gasteiger partial charge in [0.2, 0.25) is 11.9 Å². The first-order chi connectivity index (χ1) is 9.38. The smallest absolute Gasteiger partial charge is 0.233 e. The minimum absolute atomic E-state index is 0.0306. The number of carbonyl (C=O) groups excluding carboxylic acids is 2. The van der Waals surface area contributed by atoms with Crippen molar-refractivity contribution in [3.63, 3.8) is 0 Å². The van der Waals surface area contributed by atoms with Gasteiger partial charge in [-0.25, -0.2) is 4.98 Å². The number of anilines is 1. The van der Waals surface area contributed by atoms with Gasteiger partial charge in [0.15, 0.2) is 5.12 Å². The number of carbonyl (C=O) groups is 2. The fourth-order valence-corrected chi connectivity index (χ4v) is 3.04. The van der Waals surface area contributed by atoms with E-state index in [2.05, 4.69) is 25.9 Å². The lowest BCUT2D eigenvalue weighted by Gasteiger charge is -2.15. The standard InChI is InChI=1S/C12H13BrClN3O2S/c1-6-10(13)11(14)16-12(15-6)17-4-8(3-9(17)19)5-20-7(2)18/h8H,3-5H2,1-2H3. The summed E-state index contributed by atoms with van der Waals surface area (Å²) in [5.41, 5.74) is 0.689. The highest BCUT2D eigenvalue weighted by atomic mass is 79.9. The number of amides is 1. The quantitative estimate of drug-likeness (QED) is 0.757. The molecular formula is C12H13BrClN3O2S. The number of aryl methyl sites for hydroxylation is 1. The number of thioether (sulfide) groups is 1. The van der Waals surface area contributed by atoms with Gasteiger partial charge in [0.05, 0.1) is 10.2 Å². The molecular weight excluding hydrogens is 366 g/mol. The van der Waals surface area contributed by atoms with Gasteiger partial charge in [-0.05, 0) is 28.8 Å². The summed E-state index contributed by atoms with van der Waals surface area (Å²) in [7, 11) is 0. The van der Waals surface area contributed by atoms with Gasteiger partial charge in [0, 0.05) is 25.6 Å². The van der Waals surface area contributed by atoms with Crippen LogP contribution < -0.4 is 4.90 Å². The van der Waals surface area contributed by atoms with Crippen molar-refractivity contribution < 1.29 is 9.59 Å². The summed E-state index contributed by atoms with van der Waals surface area (Å²) in [6.45, 7) is 3.85. The zero-order chi connectivity index (χ0) is 14.9. The Balaban J connectivity index is 2.14. The molecule has 0 aliphatic carbocycles. The molecule has 108 valence electrons. The van der Waals surface area contributed by atoms with Gasteiger partial charge in [-0.2, -0.15) is 4.98 Å². The molecule has 1 aliphatic rings. The van der Waals surface area contributed by atoms with Gasteiger partial charge in [-0.3, -0.25) is 14.5 Å². The van der Waals surface area contributed by atoms with Gasteiger partial charge in [0.1, 0.15) is 5.15 Å². The molecule has 2 rings (SSSR count). The second kappa shape index (κ2) is 6.41. The van der Waals surface area contributed by atoms with E-state index in [1.807, 2.05) is 0 Å². The van der Waals surface area contributed by atoms with Gasteiger partial charge < -0.3 is 0 Å². The van der Waals surface area contributed by atoms with E-state index in [1.165, 1.54) is 23.6 Å². The van der Waals surface area contributed by atoms with E-state index in [1.54, 1.807) is 6.92 Å². The van der Waals surface area contributed by atoms with Crippen molar-refractivity contribution in [1.29, 1.82) is 0 Å². The zero-order valence-corrected chi connectivity index (χ0v) is 14.2. The maximum Gasteiger partial charge on any atom is 0.233 e. The van der Waals surface area contributed by atoms with Gasteiger partial charge in [0.25, 0.3) is 0 Å². The Kier molecular flexibility index (Phi) is 5.04. The SMILES string of the molecule is CC(=O)SCC1CC(=O)N(c2nc(C)c(Br)c(Cl)n2)C1. The lowest BCUT2D eigenvalue weighted by Crippen LogP contribution is -2.27. The highest BCUT2D eigenvalue weighted by Gasteiger charge is 2.32. The third kappa shape index (κ3) is 3.51. The molecule has 0 radical (unpaired) electrons. The molecule has 8 heteroatoms. The molecule has 1 aromatic rings. The van der Waals surface area contributed by atoms with Crippen LogP contribution in [0.15, 0.2) is 4.47 Å². The van der Waals surface area contributed by atoms with Crippen LogP contribution in [0.3, 0.4) is 0 Å². The average Bonchev–Trinajstić information content (AvgIpc) is 2.74. The Hall–Kier alpha value is -0.660. The Morgan fingerprint density at radius 1 is 1.55 bits per heavy atom. The largest absolute Gasteiger partial charge is 0.288 e. The first kappa shape index (κ1) is 15.7. The van der Waals surface area contributed by atoms with E-state index in [9.17, 15) is 9.59 Å². The molecule has 0 saturated carbocycles. The van der Waals surface area contributed by atoms with E-state index in [4.69, 9.17) is 11.6 Å². The molecule has 0 N–H and O–H groups in total. The zero-order valence-electron chi connectivity index (χ0n) is 11.0. The number of hydrogen-bond donors (Lipinski definition) is 0. The second-order valence-electron chi connectivity index (χ2n) is 4.59. The molecule has 1 atom stereocenters. The molecule has 1 aliphatic heterocycles. The Bertz CT molecular complexity index is 547. The van der Waals surface area contributed by atoms with Crippen molar-refractivity contribution in [2.75, 3.05) is 17.2 Å².